The van der Waals surface area contributed by atoms with Crippen LogP contribution in [0, 0.1) is 0 Å². The maximum absolute atomic E-state index is 12.5. The Kier molecular flexibility index (Phi) is 5.85. The summed E-state index contributed by atoms with van der Waals surface area (Å²) in [4.78, 5) is 18.6. The van der Waals surface area contributed by atoms with Gasteiger partial charge in [0.1, 0.15) is 5.75 Å². The molecule has 1 aromatic heterocycles. The Morgan fingerprint density at radius 1 is 1.24 bits per heavy atom. The van der Waals surface area contributed by atoms with Crippen molar-refractivity contribution in [2.45, 2.75) is 6.42 Å². The second kappa shape index (κ2) is 8.48. The van der Waals surface area contributed by atoms with Gasteiger partial charge in [-0.2, -0.15) is 0 Å². The van der Waals surface area contributed by atoms with Crippen molar-refractivity contribution in [1.29, 1.82) is 0 Å². The number of nitrogens with zero attached hydrogens (tertiary/aromatic N) is 2. The standard InChI is InChI=1S/C19H23N3O3/c1-24-18-3-2-16(14-17(18)22-10-12-25-13-11-22)19(23)21-9-6-15-4-7-20-8-5-15/h2-5,7-8,14H,6,9-13H2,1H3,(H,21,23). The number of nitrogens with one attached hydrogen (secondary N) is 1. The van der Waals surface area contributed by atoms with Crippen LogP contribution in [0.4, 0.5) is 5.69 Å². The normalized spacial score (nSPS) is 14.2. The number of carbonyl (C=O) groups is 1. The SMILES string of the molecule is COc1ccc(C(=O)NCCc2ccncc2)cc1N1CCOCC1. The van der Waals surface area contributed by atoms with Crippen molar-refractivity contribution in [2.75, 3.05) is 44.9 Å². The third-order valence-electron chi connectivity index (χ3n) is 4.24. The summed E-state index contributed by atoms with van der Waals surface area (Å²) in [5.74, 6) is 0.696. The molecule has 0 atom stereocenters. The van der Waals surface area contributed by atoms with Gasteiger partial charge >= 0.3 is 0 Å². The third kappa shape index (κ3) is 4.48. The maximum atomic E-state index is 12.5. The van der Waals surface area contributed by atoms with E-state index in [1.54, 1.807) is 25.6 Å². The molecule has 132 valence electrons. The number of pyridine rings is 1. The van der Waals surface area contributed by atoms with Crippen molar-refractivity contribution in [3.8, 4) is 5.75 Å². The quantitative estimate of drug-likeness (QED) is 0.869. The van der Waals surface area contributed by atoms with Crippen molar-refractivity contribution in [3.63, 3.8) is 0 Å². The zero-order valence-electron chi connectivity index (χ0n) is 14.4. The Balaban J connectivity index is 1.65. The fourth-order valence-electron chi connectivity index (χ4n) is 2.85. The first-order valence-corrected chi connectivity index (χ1v) is 8.46. The molecule has 3 rings (SSSR count). The van der Waals surface area contributed by atoms with Crippen molar-refractivity contribution < 1.29 is 14.3 Å². The van der Waals surface area contributed by atoms with Gasteiger partial charge in [-0.25, -0.2) is 0 Å². The van der Waals surface area contributed by atoms with Crippen molar-refractivity contribution >= 4 is 11.6 Å². The number of amides is 1. The molecule has 1 aliphatic heterocycles. The van der Waals surface area contributed by atoms with E-state index in [0.717, 1.165) is 36.5 Å². The van der Waals surface area contributed by atoms with Crippen LogP contribution in [0.25, 0.3) is 0 Å². The average molecular weight is 341 g/mol. The summed E-state index contributed by atoms with van der Waals surface area (Å²) in [7, 11) is 1.65. The van der Waals surface area contributed by atoms with E-state index in [1.165, 1.54) is 0 Å². The van der Waals surface area contributed by atoms with E-state index >= 15 is 0 Å². The first-order chi connectivity index (χ1) is 12.3. The number of benzene rings is 1. The summed E-state index contributed by atoms with van der Waals surface area (Å²) in [6.45, 7) is 3.55. The molecule has 1 fully saturated rings. The fourth-order valence-corrected chi connectivity index (χ4v) is 2.85. The van der Waals surface area contributed by atoms with Gasteiger partial charge in [0, 0.05) is 37.6 Å². The number of methoxy groups -OCH3 is 1. The van der Waals surface area contributed by atoms with E-state index in [4.69, 9.17) is 9.47 Å². The van der Waals surface area contributed by atoms with Crippen LogP contribution >= 0.6 is 0 Å². The Labute approximate surface area is 147 Å². The lowest BCUT2D eigenvalue weighted by molar-refractivity contribution is 0.0954. The minimum Gasteiger partial charge on any atom is -0.495 e. The van der Waals surface area contributed by atoms with E-state index < -0.39 is 0 Å². The van der Waals surface area contributed by atoms with Gasteiger partial charge in [0.05, 0.1) is 26.0 Å². The molecular weight excluding hydrogens is 318 g/mol. The molecule has 25 heavy (non-hydrogen) atoms. The molecule has 6 nitrogen and oxygen atoms in total. The first kappa shape index (κ1) is 17.2. The van der Waals surface area contributed by atoms with E-state index in [0.29, 0.717) is 25.3 Å². The molecule has 0 radical (unpaired) electrons. The number of hydrogen-bond acceptors (Lipinski definition) is 5. The van der Waals surface area contributed by atoms with Crippen LogP contribution in [0.1, 0.15) is 15.9 Å². The minimum atomic E-state index is -0.0776. The van der Waals surface area contributed by atoms with Crippen LogP contribution in [0.15, 0.2) is 42.7 Å². The lowest BCUT2D eigenvalue weighted by Crippen LogP contribution is -2.36. The molecule has 0 saturated carbocycles. The van der Waals surface area contributed by atoms with Crippen LogP contribution in [-0.2, 0) is 11.2 Å². The van der Waals surface area contributed by atoms with Gasteiger partial charge < -0.3 is 19.7 Å². The highest BCUT2D eigenvalue weighted by Gasteiger charge is 2.17. The Bertz CT molecular complexity index is 700. The molecule has 0 bridgehead atoms. The van der Waals surface area contributed by atoms with Crippen molar-refractivity contribution in [2.24, 2.45) is 0 Å². The molecule has 6 heteroatoms. The van der Waals surface area contributed by atoms with Gasteiger partial charge in [0.25, 0.3) is 5.91 Å². The van der Waals surface area contributed by atoms with Crippen LogP contribution in [0.3, 0.4) is 0 Å². The van der Waals surface area contributed by atoms with Gasteiger partial charge in [-0.05, 0) is 42.3 Å². The van der Waals surface area contributed by atoms with E-state index in [-0.39, 0.29) is 5.91 Å². The van der Waals surface area contributed by atoms with Crippen LogP contribution in [0.2, 0.25) is 0 Å². The summed E-state index contributed by atoms with van der Waals surface area (Å²) < 4.78 is 10.9. The van der Waals surface area contributed by atoms with Gasteiger partial charge in [-0.15, -0.1) is 0 Å². The number of ether oxygens (including phenoxy) is 2. The molecule has 1 aliphatic rings. The minimum absolute atomic E-state index is 0.0776. The first-order valence-electron chi connectivity index (χ1n) is 8.46. The number of morpholine rings is 1. The molecule has 1 saturated heterocycles. The van der Waals surface area contributed by atoms with E-state index in [2.05, 4.69) is 15.2 Å². The third-order valence-corrected chi connectivity index (χ3v) is 4.24. The summed E-state index contributed by atoms with van der Waals surface area (Å²) in [5, 5.41) is 2.97. The molecule has 0 spiro atoms. The second-order valence-electron chi connectivity index (χ2n) is 5.85. The average Bonchev–Trinajstić information content (AvgIpc) is 2.69. The molecule has 2 heterocycles. The lowest BCUT2D eigenvalue weighted by Gasteiger charge is -2.30. The highest BCUT2D eigenvalue weighted by Crippen LogP contribution is 2.30. The van der Waals surface area contributed by atoms with Crippen LogP contribution in [0.5, 0.6) is 5.75 Å². The predicted molar refractivity (Wildman–Crippen MR) is 96.3 cm³/mol. The Hall–Kier alpha value is -2.60. The smallest absolute Gasteiger partial charge is 0.251 e. The molecular formula is C19H23N3O3. The topological polar surface area (TPSA) is 63.7 Å². The van der Waals surface area contributed by atoms with E-state index in [9.17, 15) is 4.79 Å². The number of aromatic nitrogens is 1. The zero-order chi connectivity index (χ0) is 17.5. The largest absolute Gasteiger partial charge is 0.495 e. The number of carbonyl (C=O) groups excluding carboxylic acids is 1. The second-order valence-corrected chi connectivity index (χ2v) is 5.85. The highest BCUT2D eigenvalue weighted by molar-refractivity contribution is 5.95. The molecule has 1 N–H and O–H groups in total. The number of hydrogen-bond donors (Lipinski definition) is 1. The Morgan fingerprint density at radius 3 is 2.72 bits per heavy atom. The van der Waals surface area contributed by atoms with Crippen LogP contribution < -0.4 is 15.0 Å². The lowest BCUT2D eigenvalue weighted by atomic mass is 10.1. The van der Waals surface area contributed by atoms with Gasteiger partial charge in [0.15, 0.2) is 0 Å². The molecule has 0 aliphatic carbocycles. The maximum Gasteiger partial charge on any atom is 0.251 e. The molecule has 1 aromatic carbocycles. The highest BCUT2D eigenvalue weighted by atomic mass is 16.5. The van der Waals surface area contributed by atoms with Crippen LogP contribution in [-0.4, -0.2) is 50.8 Å². The fraction of sp³-hybridized carbons (Fsp3) is 0.368. The summed E-state index contributed by atoms with van der Waals surface area (Å²) in [5.41, 5.74) is 2.73. The van der Waals surface area contributed by atoms with Crippen molar-refractivity contribution in [3.05, 3.63) is 53.9 Å². The van der Waals surface area contributed by atoms with Gasteiger partial charge in [-0.1, -0.05) is 0 Å². The summed E-state index contributed by atoms with van der Waals surface area (Å²) >= 11 is 0. The monoisotopic (exact) mass is 341 g/mol. The van der Waals surface area contributed by atoms with Crippen molar-refractivity contribution in [1.82, 2.24) is 10.3 Å². The summed E-state index contributed by atoms with van der Waals surface area (Å²) in [6.07, 6.45) is 4.30. The Morgan fingerprint density at radius 2 is 2.00 bits per heavy atom. The van der Waals surface area contributed by atoms with Gasteiger partial charge in [-0.3, -0.25) is 9.78 Å². The molecule has 0 unspecified atom stereocenters. The van der Waals surface area contributed by atoms with Gasteiger partial charge in [0.2, 0.25) is 0 Å². The molecule has 2 aromatic rings. The molecule has 1 amide bonds. The predicted octanol–water partition coefficient (Wildman–Crippen LogP) is 1.90. The zero-order valence-corrected chi connectivity index (χ0v) is 14.4. The summed E-state index contributed by atoms with van der Waals surface area (Å²) in [6, 6.07) is 9.45. The number of rotatable bonds is 6. The van der Waals surface area contributed by atoms with E-state index in [1.807, 2.05) is 24.3 Å². The number of anilines is 1.